The SMILES string of the molecule is CCOc1ccc2c(OCC)c([O])ccc2c1. The van der Waals surface area contributed by atoms with Crippen molar-refractivity contribution in [2.45, 2.75) is 13.8 Å². The molecule has 0 saturated heterocycles. The summed E-state index contributed by atoms with van der Waals surface area (Å²) in [5, 5.41) is 13.5. The van der Waals surface area contributed by atoms with Crippen molar-refractivity contribution in [1.29, 1.82) is 0 Å². The summed E-state index contributed by atoms with van der Waals surface area (Å²) in [6, 6.07) is 8.97. The molecule has 2 aromatic carbocycles. The minimum atomic E-state index is -0.0801. The highest BCUT2D eigenvalue weighted by Crippen LogP contribution is 2.36. The lowest BCUT2D eigenvalue weighted by Crippen LogP contribution is -1.94. The van der Waals surface area contributed by atoms with Gasteiger partial charge in [0.05, 0.1) is 13.2 Å². The smallest absolute Gasteiger partial charge is 0.221 e. The Morgan fingerprint density at radius 2 is 1.76 bits per heavy atom. The van der Waals surface area contributed by atoms with Crippen LogP contribution in [0, 0.1) is 0 Å². The van der Waals surface area contributed by atoms with Crippen LogP contribution in [0.3, 0.4) is 0 Å². The number of hydrogen-bond donors (Lipinski definition) is 0. The first kappa shape index (κ1) is 11.6. The average Bonchev–Trinajstić information content (AvgIpc) is 2.33. The number of hydrogen-bond acceptors (Lipinski definition) is 2. The fraction of sp³-hybridized carbons (Fsp3) is 0.286. The van der Waals surface area contributed by atoms with E-state index >= 15 is 0 Å². The van der Waals surface area contributed by atoms with E-state index in [1.807, 2.05) is 32.0 Å². The highest BCUT2D eigenvalue weighted by molar-refractivity contribution is 5.91. The summed E-state index contributed by atoms with van der Waals surface area (Å²) < 4.78 is 10.8. The summed E-state index contributed by atoms with van der Waals surface area (Å²) in [4.78, 5) is 0. The van der Waals surface area contributed by atoms with Gasteiger partial charge in [-0.05, 0) is 43.5 Å². The maximum Gasteiger partial charge on any atom is 0.221 e. The van der Waals surface area contributed by atoms with Crippen LogP contribution in [0.2, 0.25) is 0 Å². The van der Waals surface area contributed by atoms with Crippen molar-refractivity contribution in [3.05, 3.63) is 30.3 Å². The van der Waals surface area contributed by atoms with Crippen molar-refractivity contribution < 1.29 is 14.6 Å². The third-order valence-corrected chi connectivity index (χ3v) is 2.51. The Labute approximate surface area is 101 Å². The zero-order chi connectivity index (χ0) is 12.3. The Hall–Kier alpha value is -1.90. The lowest BCUT2D eigenvalue weighted by atomic mass is 10.1. The summed E-state index contributed by atoms with van der Waals surface area (Å²) in [7, 11) is 0. The number of benzene rings is 2. The van der Waals surface area contributed by atoms with Crippen molar-refractivity contribution in [3.63, 3.8) is 0 Å². The molecule has 3 nitrogen and oxygen atoms in total. The molecular formula is C14H15O3. The summed E-state index contributed by atoms with van der Waals surface area (Å²) in [5.74, 6) is 1.15. The molecule has 0 aromatic heterocycles. The van der Waals surface area contributed by atoms with E-state index < -0.39 is 0 Å². The van der Waals surface area contributed by atoms with Crippen LogP contribution in [-0.2, 0) is 5.11 Å². The van der Waals surface area contributed by atoms with Crippen molar-refractivity contribution in [1.82, 2.24) is 0 Å². The fourth-order valence-corrected chi connectivity index (χ4v) is 1.81. The zero-order valence-electron chi connectivity index (χ0n) is 10.0. The highest BCUT2D eigenvalue weighted by Gasteiger charge is 2.09. The molecule has 0 spiro atoms. The van der Waals surface area contributed by atoms with Crippen LogP contribution in [0.15, 0.2) is 30.3 Å². The molecule has 1 radical (unpaired) electrons. The van der Waals surface area contributed by atoms with Crippen LogP contribution in [0.1, 0.15) is 13.8 Å². The van der Waals surface area contributed by atoms with Crippen molar-refractivity contribution in [2.75, 3.05) is 13.2 Å². The fourth-order valence-electron chi connectivity index (χ4n) is 1.81. The van der Waals surface area contributed by atoms with Crippen LogP contribution in [0.25, 0.3) is 10.8 Å². The summed E-state index contributed by atoms with van der Waals surface area (Å²) in [6.07, 6.45) is 0. The molecule has 0 fully saturated rings. The number of rotatable bonds is 4. The lowest BCUT2D eigenvalue weighted by Gasteiger charge is -2.09. The Bertz CT molecular complexity index is 520. The van der Waals surface area contributed by atoms with Crippen molar-refractivity contribution in [3.8, 4) is 17.2 Å². The monoisotopic (exact) mass is 231 g/mol. The minimum absolute atomic E-state index is 0.0801. The maximum absolute atomic E-state index is 11.7. The van der Waals surface area contributed by atoms with E-state index in [9.17, 15) is 5.11 Å². The lowest BCUT2D eigenvalue weighted by molar-refractivity contribution is 0.291. The molecule has 0 aliphatic heterocycles. The van der Waals surface area contributed by atoms with E-state index in [2.05, 4.69) is 0 Å². The van der Waals surface area contributed by atoms with Crippen LogP contribution in [-0.4, -0.2) is 13.2 Å². The second-order valence-corrected chi connectivity index (χ2v) is 3.64. The first-order chi connectivity index (χ1) is 8.26. The van der Waals surface area contributed by atoms with Gasteiger partial charge in [0.15, 0.2) is 5.75 Å². The molecule has 0 unspecified atom stereocenters. The molecule has 0 N–H and O–H groups in total. The van der Waals surface area contributed by atoms with Gasteiger partial charge in [-0.2, -0.15) is 0 Å². The van der Waals surface area contributed by atoms with Crippen LogP contribution >= 0.6 is 0 Å². The molecule has 0 aliphatic carbocycles. The average molecular weight is 231 g/mol. The molecule has 0 atom stereocenters. The molecule has 0 bridgehead atoms. The first-order valence-corrected chi connectivity index (χ1v) is 5.75. The van der Waals surface area contributed by atoms with Gasteiger partial charge in [-0.3, -0.25) is 5.11 Å². The van der Waals surface area contributed by atoms with Gasteiger partial charge in [-0.25, -0.2) is 0 Å². The molecule has 0 saturated carbocycles. The standard InChI is InChI=1S/C14H15O3/c1-3-16-11-6-7-12-10(9-11)5-8-13(15)14(12)17-4-2/h5-9H,3-4H2,1-2H3. The third-order valence-electron chi connectivity index (χ3n) is 2.51. The molecule has 2 aromatic rings. The molecular weight excluding hydrogens is 216 g/mol. The molecule has 0 aliphatic rings. The quantitative estimate of drug-likeness (QED) is 0.803. The van der Waals surface area contributed by atoms with E-state index in [0.717, 1.165) is 16.5 Å². The van der Waals surface area contributed by atoms with E-state index in [1.54, 1.807) is 6.07 Å². The predicted molar refractivity (Wildman–Crippen MR) is 66.4 cm³/mol. The summed E-state index contributed by atoms with van der Waals surface area (Å²) in [5.41, 5.74) is 0. The van der Waals surface area contributed by atoms with Crippen molar-refractivity contribution >= 4 is 10.8 Å². The summed E-state index contributed by atoms with van der Waals surface area (Å²) in [6.45, 7) is 4.93. The van der Waals surface area contributed by atoms with E-state index in [-0.39, 0.29) is 5.75 Å². The van der Waals surface area contributed by atoms with Gasteiger partial charge in [0, 0.05) is 5.39 Å². The number of ether oxygens (including phenoxy) is 2. The van der Waals surface area contributed by atoms with Gasteiger partial charge in [-0.15, -0.1) is 0 Å². The summed E-state index contributed by atoms with van der Waals surface area (Å²) >= 11 is 0. The van der Waals surface area contributed by atoms with Gasteiger partial charge in [-0.1, -0.05) is 6.07 Å². The molecule has 0 heterocycles. The molecule has 0 amide bonds. The Kier molecular flexibility index (Phi) is 3.38. The topological polar surface area (TPSA) is 38.4 Å². The Morgan fingerprint density at radius 3 is 2.47 bits per heavy atom. The second kappa shape index (κ2) is 4.95. The molecule has 89 valence electrons. The van der Waals surface area contributed by atoms with E-state index in [1.165, 1.54) is 6.07 Å². The third kappa shape index (κ3) is 2.28. The van der Waals surface area contributed by atoms with Crippen LogP contribution < -0.4 is 9.47 Å². The van der Waals surface area contributed by atoms with E-state index in [0.29, 0.717) is 19.0 Å². The molecule has 17 heavy (non-hydrogen) atoms. The molecule has 3 heteroatoms. The maximum atomic E-state index is 11.7. The van der Waals surface area contributed by atoms with Gasteiger partial charge < -0.3 is 9.47 Å². The first-order valence-electron chi connectivity index (χ1n) is 5.75. The highest BCUT2D eigenvalue weighted by atomic mass is 16.5. The van der Waals surface area contributed by atoms with Crippen molar-refractivity contribution in [2.24, 2.45) is 0 Å². The Morgan fingerprint density at radius 1 is 1.00 bits per heavy atom. The Balaban J connectivity index is 2.54. The largest absolute Gasteiger partial charge is 0.494 e. The minimum Gasteiger partial charge on any atom is -0.494 e. The van der Waals surface area contributed by atoms with Crippen LogP contribution in [0.4, 0.5) is 0 Å². The predicted octanol–water partition coefficient (Wildman–Crippen LogP) is 3.78. The van der Waals surface area contributed by atoms with Gasteiger partial charge >= 0.3 is 0 Å². The normalized spacial score (nSPS) is 10.5. The van der Waals surface area contributed by atoms with Gasteiger partial charge in [0.25, 0.3) is 0 Å². The second-order valence-electron chi connectivity index (χ2n) is 3.64. The van der Waals surface area contributed by atoms with Gasteiger partial charge in [0.1, 0.15) is 5.75 Å². The van der Waals surface area contributed by atoms with Gasteiger partial charge in [0.2, 0.25) is 5.75 Å². The zero-order valence-corrected chi connectivity index (χ0v) is 10.0. The van der Waals surface area contributed by atoms with Crippen LogP contribution in [0.5, 0.6) is 17.2 Å². The molecule has 2 rings (SSSR count). The van der Waals surface area contributed by atoms with E-state index in [4.69, 9.17) is 9.47 Å². The number of fused-ring (bicyclic) bond motifs is 1.